The van der Waals surface area contributed by atoms with Crippen LogP contribution in [0.3, 0.4) is 0 Å². The second-order valence-corrected chi connectivity index (χ2v) is 2.64. The summed E-state index contributed by atoms with van der Waals surface area (Å²) >= 11 is 0. The summed E-state index contributed by atoms with van der Waals surface area (Å²) in [7, 11) is 0.917. The number of carbonyl (C=O) groups excluding carboxylic acids is 1. The van der Waals surface area contributed by atoms with E-state index in [0.717, 1.165) is 7.11 Å². The van der Waals surface area contributed by atoms with Crippen molar-refractivity contribution < 1.29 is 27.1 Å². The monoisotopic (exact) mass is 222 g/mol. The molecule has 0 N–H and O–H groups in total. The number of hydrogen-bond acceptors (Lipinski definition) is 2. The fraction of sp³-hybridized carbons (Fsp3) is 0.222. The van der Waals surface area contributed by atoms with Crippen LogP contribution in [0.1, 0.15) is 22.3 Å². The molecule has 6 heteroatoms. The van der Waals surface area contributed by atoms with Gasteiger partial charge >= 0.3 is 5.97 Å². The predicted octanol–water partition coefficient (Wildman–Crippen LogP) is 2.69. The molecule has 15 heavy (non-hydrogen) atoms. The molecule has 0 spiro atoms. The van der Waals surface area contributed by atoms with E-state index in [1.807, 2.05) is 0 Å². The van der Waals surface area contributed by atoms with E-state index in [-0.39, 0.29) is 0 Å². The Morgan fingerprint density at radius 2 is 1.93 bits per heavy atom. The topological polar surface area (TPSA) is 26.3 Å². The number of hydrogen-bond donors (Lipinski definition) is 0. The lowest BCUT2D eigenvalue weighted by atomic mass is 10.1. The summed E-state index contributed by atoms with van der Waals surface area (Å²) in [6, 6.07) is 0.748. The third-order valence-electron chi connectivity index (χ3n) is 1.71. The van der Waals surface area contributed by atoms with Crippen molar-refractivity contribution in [2.45, 2.75) is 6.43 Å². The Morgan fingerprint density at radius 1 is 1.33 bits per heavy atom. The van der Waals surface area contributed by atoms with Crippen molar-refractivity contribution in [2.75, 3.05) is 7.11 Å². The Balaban J connectivity index is 3.40. The standard InChI is InChI=1S/C9H6F4O2/c1-15-9(14)7-5(8(12)13)2-4(10)3-6(7)11/h2-3,8H,1H3. The number of ether oxygens (including phenoxy) is 1. The van der Waals surface area contributed by atoms with Gasteiger partial charge in [-0.1, -0.05) is 0 Å². The first-order valence-corrected chi connectivity index (χ1v) is 3.82. The normalized spacial score (nSPS) is 10.5. The fourth-order valence-corrected chi connectivity index (χ4v) is 1.08. The molecule has 1 aromatic carbocycles. The molecule has 2 nitrogen and oxygen atoms in total. The highest BCUT2D eigenvalue weighted by molar-refractivity contribution is 5.91. The molecule has 0 bridgehead atoms. The highest BCUT2D eigenvalue weighted by Crippen LogP contribution is 2.26. The van der Waals surface area contributed by atoms with Gasteiger partial charge in [0, 0.05) is 11.6 Å². The molecule has 82 valence electrons. The fourth-order valence-electron chi connectivity index (χ4n) is 1.08. The van der Waals surface area contributed by atoms with Crippen LogP contribution in [0.2, 0.25) is 0 Å². The van der Waals surface area contributed by atoms with Crippen LogP contribution >= 0.6 is 0 Å². The van der Waals surface area contributed by atoms with E-state index in [2.05, 4.69) is 4.74 Å². The van der Waals surface area contributed by atoms with Gasteiger partial charge < -0.3 is 4.74 Å². The van der Waals surface area contributed by atoms with Gasteiger partial charge in [0.2, 0.25) is 0 Å². The Morgan fingerprint density at radius 3 is 2.40 bits per heavy atom. The summed E-state index contributed by atoms with van der Waals surface area (Å²) < 4.78 is 54.4. The summed E-state index contributed by atoms with van der Waals surface area (Å²) in [6.45, 7) is 0. The third kappa shape index (κ3) is 2.26. The zero-order chi connectivity index (χ0) is 11.6. The van der Waals surface area contributed by atoms with Crippen molar-refractivity contribution in [3.63, 3.8) is 0 Å². The molecule has 0 heterocycles. The maximum absolute atomic E-state index is 13.0. The lowest BCUT2D eigenvalue weighted by Gasteiger charge is -2.08. The van der Waals surface area contributed by atoms with E-state index >= 15 is 0 Å². The van der Waals surface area contributed by atoms with Gasteiger partial charge in [0.25, 0.3) is 6.43 Å². The second kappa shape index (κ2) is 4.29. The highest BCUT2D eigenvalue weighted by atomic mass is 19.3. The van der Waals surface area contributed by atoms with Crippen molar-refractivity contribution in [2.24, 2.45) is 0 Å². The lowest BCUT2D eigenvalue weighted by Crippen LogP contribution is -2.10. The van der Waals surface area contributed by atoms with Gasteiger partial charge in [-0.15, -0.1) is 0 Å². The molecular weight excluding hydrogens is 216 g/mol. The number of esters is 1. The van der Waals surface area contributed by atoms with Crippen molar-refractivity contribution in [1.29, 1.82) is 0 Å². The summed E-state index contributed by atoms with van der Waals surface area (Å²) in [5.74, 6) is -3.80. The van der Waals surface area contributed by atoms with Crippen molar-refractivity contribution in [3.8, 4) is 0 Å². The third-order valence-corrected chi connectivity index (χ3v) is 1.71. The van der Waals surface area contributed by atoms with Gasteiger partial charge in [0.1, 0.15) is 17.2 Å². The predicted molar refractivity (Wildman–Crippen MR) is 42.7 cm³/mol. The van der Waals surface area contributed by atoms with Gasteiger partial charge in [0.05, 0.1) is 7.11 Å². The van der Waals surface area contributed by atoms with Crippen LogP contribution in [-0.2, 0) is 4.74 Å². The molecule has 0 saturated carbocycles. The largest absolute Gasteiger partial charge is 0.465 e. The molecule has 0 aliphatic carbocycles. The molecule has 0 aliphatic rings. The van der Waals surface area contributed by atoms with E-state index in [0.29, 0.717) is 12.1 Å². The number of methoxy groups -OCH3 is 1. The van der Waals surface area contributed by atoms with Gasteiger partial charge in [-0.3, -0.25) is 0 Å². The first-order valence-electron chi connectivity index (χ1n) is 3.82. The van der Waals surface area contributed by atoms with Gasteiger partial charge in [-0.25, -0.2) is 22.4 Å². The molecule has 0 aromatic heterocycles. The van der Waals surface area contributed by atoms with Gasteiger partial charge in [-0.2, -0.15) is 0 Å². The molecular formula is C9H6F4O2. The van der Waals surface area contributed by atoms with Crippen LogP contribution in [0.5, 0.6) is 0 Å². The second-order valence-electron chi connectivity index (χ2n) is 2.64. The first kappa shape index (κ1) is 11.5. The van der Waals surface area contributed by atoms with Crippen LogP contribution in [0.15, 0.2) is 12.1 Å². The molecule has 0 saturated heterocycles. The number of alkyl halides is 2. The molecule has 1 aromatic rings. The quantitative estimate of drug-likeness (QED) is 0.568. The zero-order valence-electron chi connectivity index (χ0n) is 7.56. The Bertz CT molecular complexity index is 390. The average Bonchev–Trinajstić information content (AvgIpc) is 2.15. The molecule has 0 amide bonds. The minimum atomic E-state index is -3.15. The number of rotatable bonds is 2. The smallest absolute Gasteiger partial charge is 0.341 e. The number of carbonyl (C=O) groups is 1. The van der Waals surface area contributed by atoms with Crippen molar-refractivity contribution in [1.82, 2.24) is 0 Å². The van der Waals surface area contributed by atoms with Crippen LogP contribution in [0, 0.1) is 11.6 Å². The lowest BCUT2D eigenvalue weighted by molar-refractivity contribution is 0.0583. The molecule has 1 rings (SSSR count). The minimum absolute atomic E-state index is 0.345. The Hall–Kier alpha value is -1.59. The number of benzene rings is 1. The van der Waals surface area contributed by atoms with Crippen LogP contribution in [0.25, 0.3) is 0 Å². The first-order chi connectivity index (χ1) is 6.97. The average molecular weight is 222 g/mol. The zero-order valence-corrected chi connectivity index (χ0v) is 7.56. The van der Waals surface area contributed by atoms with E-state index in [1.54, 1.807) is 0 Å². The summed E-state index contributed by atoms with van der Waals surface area (Å²) in [4.78, 5) is 11.0. The SMILES string of the molecule is COC(=O)c1c(F)cc(F)cc1C(F)F. The maximum atomic E-state index is 13.0. The summed E-state index contributed by atoms with van der Waals surface area (Å²) in [6.07, 6.45) is -3.15. The summed E-state index contributed by atoms with van der Waals surface area (Å²) in [5.41, 5.74) is -1.95. The van der Waals surface area contributed by atoms with E-state index < -0.39 is 35.2 Å². The molecule has 0 fully saturated rings. The van der Waals surface area contributed by atoms with Crippen LogP contribution in [0.4, 0.5) is 17.6 Å². The molecule has 0 radical (unpaired) electrons. The van der Waals surface area contributed by atoms with Gasteiger partial charge in [0.15, 0.2) is 0 Å². The van der Waals surface area contributed by atoms with Crippen molar-refractivity contribution >= 4 is 5.97 Å². The highest BCUT2D eigenvalue weighted by Gasteiger charge is 2.24. The van der Waals surface area contributed by atoms with Crippen LogP contribution < -0.4 is 0 Å². The Kier molecular flexibility index (Phi) is 3.28. The van der Waals surface area contributed by atoms with E-state index in [9.17, 15) is 22.4 Å². The van der Waals surface area contributed by atoms with E-state index in [1.165, 1.54) is 0 Å². The Labute approximate surface area is 82.5 Å². The van der Waals surface area contributed by atoms with E-state index in [4.69, 9.17) is 0 Å². The molecule has 0 aliphatic heterocycles. The van der Waals surface area contributed by atoms with Crippen LogP contribution in [-0.4, -0.2) is 13.1 Å². The maximum Gasteiger partial charge on any atom is 0.341 e. The minimum Gasteiger partial charge on any atom is -0.465 e. The number of halogens is 4. The van der Waals surface area contributed by atoms with Crippen molar-refractivity contribution in [3.05, 3.63) is 34.9 Å². The molecule has 0 unspecified atom stereocenters. The summed E-state index contributed by atoms with van der Waals surface area (Å²) in [5, 5.41) is 0. The van der Waals surface area contributed by atoms with Gasteiger partial charge in [-0.05, 0) is 6.07 Å². The molecule has 0 atom stereocenters.